The highest BCUT2D eigenvalue weighted by molar-refractivity contribution is 5.70. The van der Waals surface area contributed by atoms with Gasteiger partial charge in [-0.2, -0.15) is 0 Å². The molecule has 2 aromatic rings. The molecule has 0 spiro atoms. The first kappa shape index (κ1) is 28.6. The molecule has 6 rings (SSSR count). The number of carboxylic acids is 2. The molecule has 2 bridgehead atoms. The van der Waals surface area contributed by atoms with E-state index in [0.717, 1.165) is 57.3 Å². The van der Waals surface area contributed by atoms with Crippen molar-refractivity contribution in [2.75, 3.05) is 26.2 Å². The van der Waals surface area contributed by atoms with Crippen molar-refractivity contribution in [3.63, 3.8) is 0 Å². The van der Waals surface area contributed by atoms with Gasteiger partial charge < -0.3 is 14.9 Å². The Kier molecular flexibility index (Phi) is 10.4. The molecule has 0 radical (unpaired) electrons. The fraction of sp³-hybridized carbons (Fsp3) is 0.516. The van der Waals surface area contributed by atoms with Crippen molar-refractivity contribution in [1.82, 2.24) is 9.80 Å². The molecule has 1 amide bonds. The number of nitrogens with zero attached hydrogens (tertiary/aromatic N) is 2. The maximum absolute atomic E-state index is 13.2. The summed E-state index contributed by atoms with van der Waals surface area (Å²) >= 11 is 0. The van der Waals surface area contributed by atoms with Gasteiger partial charge in [0.2, 0.25) is 0 Å². The molecule has 0 unspecified atom stereocenters. The number of rotatable bonds is 9. The summed E-state index contributed by atoms with van der Waals surface area (Å²) in [5.41, 5.74) is 3.70. The second-order valence-electron chi connectivity index (χ2n) is 10.7. The van der Waals surface area contributed by atoms with Crippen LogP contribution in [0.3, 0.4) is 0 Å². The molecular weight excluding hydrogens is 496 g/mol. The number of piperidine rings is 3. The van der Waals surface area contributed by atoms with Crippen LogP contribution in [0.15, 0.2) is 54.6 Å². The lowest BCUT2D eigenvalue weighted by molar-refractivity contribution is -0.138. The highest BCUT2D eigenvalue weighted by Gasteiger charge is 2.39. The zero-order valence-corrected chi connectivity index (χ0v) is 22.5. The van der Waals surface area contributed by atoms with Gasteiger partial charge in [0.25, 0.3) is 0 Å². The van der Waals surface area contributed by atoms with Crippen molar-refractivity contribution >= 4 is 18.0 Å². The molecular formula is C31H40N2O6. The smallest absolute Gasteiger partial charge is 0.410 e. The largest absolute Gasteiger partial charge is 0.481 e. The van der Waals surface area contributed by atoms with Crippen LogP contribution < -0.4 is 0 Å². The van der Waals surface area contributed by atoms with Crippen molar-refractivity contribution < 1.29 is 29.3 Å². The van der Waals surface area contributed by atoms with Crippen LogP contribution in [0, 0.1) is 5.92 Å². The van der Waals surface area contributed by atoms with Gasteiger partial charge in [-0.25, -0.2) is 4.79 Å². The number of ether oxygens (including phenoxy) is 1. The molecule has 0 aliphatic carbocycles. The second kappa shape index (κ2) is 14.1. The predicted octanol–water partition coefficient (Wildman–Crippen LogP) is 5.36. The number of carboxylic acid groups (broad SMARTS) is 2. The van der Waals surface area contributed by atoms with Gasteiger partial charge in [0.1, 0.15) is 6.10 Å². The standard InChI is InChI=1S/C23H26N2O2.C8H14O4/c26-23(27-21-16-24-13-10-18(21)11-14-24)25-15-12-17-6-4-5-9-20(17)22(25)19-7-2-1-3-8-19;9-7(10)5-3-1-2-4-6-8(11)12/h1-9,18,21-22H,10-16H2;1-6H2,(H,9,10)(H,11,12)/t21-,22+;/m0./s1. The van der Waals surface area contributed by atoms with Crippen LogP contribution in [-0.4, -0.2) is 70.3 Å². The summed E-state index contributed by atoms with van der Waals surface area (Å²) in [6.07, 6.45) is 6.37. The van der Waals surface area contributed by atoms with Crippen LogP contribution in [-0.2, 0) is 20.7 Å². The third kappa shape index (κ3) is 8.05. The first-order valence-corrected chi connectivity index (χ1v) is 14.2. The lowest BCUT2D eigenvalue weighted by atomic mass is 9.86. The topological polar surface area (TPSA) is 107 Å². The normalized spacial score (nSPS) is 23.2. The van der Waals surface area contributed by atoms with E-state index in [9.17, 15) is 14.4 Å². The van der Waals surface area contributed by atoms with E-state index in [0.29, 0.717) is 25.3 Å². The van der Waals surface area contributed by atoms with Crippen LogP contribution in [0.2, 0.25) is 0 Å². The van der Waals surface area contributed by atoms with E-state index in [1.54, 1.807) is 0 Å². The Morgan fingerprint density at radius 1 is 0.795 bits per heavy atom. The molecule has 2 aromatic carbocycles. The number of amides is 1. The summed E-state index contributed by atoms with van der Waals surface area (Å²) < 4.78 is 6.08. The van der Waals surface area contributed by atoms with Crippen LogP contribution in [0.1, 0.15) is 74.1 Å². The monoisotopic (exact) mass is 536 g/mol. The van der Waals surface area contributed by atoms with Crippen LogP contribution in [0.5, 0.6) is 0 Å². The SMILES string of the molecule is O=C(O)CCCCCCC(=O)O.O=C(O[C@H]1CN2CCC1CC2)N1CCc2ccccc2[C@H]1c1ccccc1. The molecule has 0 saturated carbocycles. The van der Waals surface area contributed by atoms with Gasteiger partial charge in [0, 0.05) is 25.9 Å². The van der Waals surface area contributed by atoms with E-state index in [1.165, 1.54) is 11.1 Å². The van der Waals surface area contributed by atoms with Crippen molar-refractivity contribution in [2.45, 2.75) is 69.9 Å². The minimum Gasteiger partial charge on any atom is -0.481 e. The van der Waals surface area contributed by atoms with Crippen LogP contribution >= 0.6 is 0 Å². The third-order valence-electron chi connectivity index (χ3n) is 8.01. The Bertz CT molecular complexity index is 1080. The number of unbranched alkanes of at least 4 members (excludes halogenated alkanes) is 3. The van der Waals surface area contributed by atoms with Crippen LogP contribution in [0.25, 0.3) is 0 Å². The number of benzene rings is 2. The maximum atomic E-state index is 13.2. The van der Waals surface area contributed by atoms with Gasteiger partial charge in [-0.15, -0.1) is 0 Å². The van der Waals surface area contributed by atoms with E-state index >= 15 is 0 Å². The number of hydrogen-bond acceptors (Lipinski definition) is 5. The quantitative estimate of drug-likeness (QED) is 0.416. The van der Waals surface area contributed by atoms with E-state index < -0.39 is 11.9 Å². The molecule has 39 heavy (non-hydrogen) atoms. The van der Waals surface area contributed by atoms with Gasteiger partial charge in [-0.3, -0.25) is 19.4 Å². The number of carbonyl (C=O) groups is 3. The molecule has 3 fully saturated rings. The van der Waals surface area contributed by atoms with Crippen LogP contribution in [0.4, 0.5) is 4.79 Å². The Hall–Kier alpha value is -3.39. The summed E-state index contributed by atoms with van der Waals surface area (Å²) in [6, 6.07) is 18.8. The molecule has 8 heteroatoms. The molecule has 4 heterocycles. The van der Waals surface area contributed by atoms with Gasteiger partial charge in [0.05, 0.1) is 6.04 Å². The van der Waals surface area contributed by atoms with Gasteiger partial charge in [0.15, 0.2) is 0 Å². The number of hydrogen-bond donors (Lipinski definition) is 2. The third-order valence-corrected chi connectivity index (χ3v) is 8.01. The predicted molar refractivity (Wildman–Crippen MR) is 148 cm³/mol. The van der Waals surface area contributed by atoms with Crippen molar-refractivity contribution in [3.8, 4) is 0 Å². The Morgan fingerprint density at radius 3 is 2.00 bits per heavy atom. The molecule has 210 valence electrons. The summed E-state index contributed by atoms with van der Waals surface area (Å²) in [7, 11) is 0. The second-order valence-corrected chi connectivity index (χ2v) is 10.7. The first-order chi connectivity index (χ1) is 18.9. The lowest BCUT2D eigenvalue weighted by Crippen LogP contribution is -2.53. The molecule has 8 nitrogen and oxygen atoms in total. The Balaban J connectivity index is 0.000000251. The average Bonchev–Trinajstić information content (AvgIpc) is 2.95. The van der Waals surface area contributed by atoms with E-state index in [4.69, 9.17) is 14.9 Å². The fourth-order valence-electron chi connectivity index (χ4n) is 5.91. The van der Waals surface area contributed by atoms with Gasteiger partial charge >= 0.3 is 18.0 Å². The molecule has 4 aliphatic heterocycles. The van der Waals surface area contributed by atoms with Crippen molar-refractivity contribution in [3.05, 3.63) is 71.3 Å². The first-order valence-electron chi connectivity index (χ1n) is 14.2. The van der Waals surface area contributed by atoms with Gasteiger partial charge in [-0.1, -0.05) is 67.4 Å². The van der Waals surface area contributed by atoms with Crippen molar-refractivity contribution in [1.29, 1.82) is 0 Å². The molecule has 0 aromatic heterocycles. The molecule has 2 atom stereocenters. The zero-order valence-electron chi connectivity index (χ0n) is 22.5. The highest BCUT2D eigenvalue weighted by atomic mass is 16.6. The summed E-state index contributed by atoms with van der Waals surface area (Å²) in [5.74, 6) is -1.03. The Labute approximate surface area is 230 Å². The highest BCUT2D eigenvalue weighted by Crippen LogP contribution is 2.37. The molecule has 4 aliphatic rings. The maximum Gasteiger partial charge on any atom is 0.410 e. The van der Waals surface area contributed by atoms with Gasteiger partial charge in [-0.05, 0) is 67.8 Å². The number of fused-ring (bicyclic) bond motifs is 4. The average molecular weight is 537 g/mol. The lowest BCUT2D eigenvalue weighted by Gasteiger charge is -2.45. The number of aliphatic carboxylic acids is 2. The summed E-state index contributed by atoms with van der Waals surface area (Å²) in [6.45, 7) is 3.91. The van der Waals surface area contributed by atoms with Crippen molar-refractivity contribution in [2.24, 2.45) is 5.92 Å². The van der Waals surface area contributed by atoms with E-state index in [1.807, 2.05) is 23.1 Å². The minimum atomic E-state index is -0.784. The molecule has 2 N–H and O–H groups in total. The Morgan fingerprint density at radius 2 is 1.41 bits per heavy atom. The molecule has 3 saturated heterocycles. The zero-order chi connectivity index (χ0) is 27.6. The summed E-state index contributed by atoms with van der Waals surface area (Å²) in [5, 5.41) is 16.5. The summed E-state index contributed by atoms with van der Waals surface area (Å²) in [4.78, 5) is 37.7. The fourth-order valence-corrected chi connectivity index (χ4v) is 5.91. The van der Waals surface area contributed by atoms with E-state index in [-0.39, 0.29) is 31.1 Å². The minimum absolute atomic E-state index is 0.0496. The van der Waals surface area contributed by atoms with E-state index in [2.05, 4.69) is 41.3 Å². The number of carbonyl (C=O) groups excluding carboxylic acids is 1.